The fourth-order valence-corrected chi connectivity index (χ4v) is 0.818. The quantitative estimate of drug-likeness (QED) is 0.611. The predicted octanol–water partition coefficient (Wildman–Crippen LogP) is 1.47. The van der Waals surface area contributed by atoms with Crippen molar-refractivity contribution in [3.05, 3.63) is 17.5 Å². The van der Waals surface area contributed by atoms with Gasteiger partial charge >= 0.3 is 0 Å². The number of aryl methyl sites for hydroxylation is 3. The molecule has 0 saturated carbocycles. The molecule has 0 aliphatic heterocycles. The van der Waals surface area contributed by atoms with E-state index < -0.39 is 0 Å². The molecule has 1 heterocycles. The van der Waals surface area contributed by atoms with Crippen LogP contribution in [-0.4, -0.2) is 16.5 Å². The second-order valence-corrected chi connectivity index (χ2v) is 2.35. The van der Waals surface area contributed by atoms with Crippen molar-refractivity contribution in [1.29, 1.82) is 0 Å². The number of halogens is 1. The molecule has 0 fully saturated rings. The molecule has 56 valence electrons. The highest BCUT2D eigenvalue weighted by molar-refractivity contribution is 5.12. The molecular formula is C7H11FN2. The van der Waals surface area contributed by atoms with Crippen LogP contribution in [0, 0.1) is 13.8 Å². The summed E-state index contributed by atoms with van der Waals surface area (Å²) in [5.41, 5.74) is 2.10. The van der Waals surface area contributed by atoms with E-state index in [1.807, 2.05) is 20.0 Å². The number of hydrogen-bond donors (Lipinski definition) is 0. The lowest BCUT2D eigenvalue weighted by Gasteiger charge is -1.92. The summed E-state index contributed by atoms with van der Waals surface area (Å²) in [6.45, 7) is 3.91. The summed E-state index contributed by atoms with van der Waals surface area (Å²) in [5.74, 6) is 0. The van der Waals surface area contributed by atoms with Crippen molar-refractivity contribution in [2.75, 3.05) is 6.67 Å². The normalized spacial score (nSPS) is 10.3. The molecule has 0 saturated heterocycles. The van der Waals surface area contributed by atoms with Crippen molar-refractivity contribution in [3.63, 3.8) is 0 Å². The molecule has 0 aliphatic rings. The highest BCUT2D eigenvalue weighted by Crippen LogP contribution is 2.01. The summed E-state index contributed by atoms with van der Waals surface area (Å²) < 4.78 is 13.4. The van der Waals surface area contributed by atoms with E-state index in [9.17, 15) is 4.39 Å². The van der Waals surface area contributed by atoms with Gasteiger partial charge in [0, 0.05) is 6.20 Å². The van der Waals surface area contributed by atoms with Gasteiger partial charge in [0.05, 0.1) is 12.2 Å². The first kappa shape index (κ1) is 7.25. The van der Waals surface area contributed by atoms with Crippen LogP contribution in [0.25, 0.3) is 0 Å². The van der Waals surface area contributed by atoms with Crippen LogP contribution in [0.15, 0.2) is 6.20 Å². The van der Waals surface area contributed by atoms with Crippen LogP contribution in [0.1, 0.15) is 11.3 Å². The number of aromatic nitrogens is 2. The van der Waals surface area contributed by atoms with Crippen LogP contribution in [-0.2, 0) is 6.54 Å². The zero-order valence-corrected chi connectivity index (χ0v) is 6.26. The van der Waals surface area contributed by atoms with E-state index in [0.717, 1.165) is 11.3 Å². The molecule has 1 rings (SSSR count). The van der Waals surface area contributed by atoms with Gasteiger partial charge in [-0.25, -0.2) is 4.39 Å². The maximum Gasteiger partial charge on any atom is 0.109 e. The van der Waals surface area contributed by atoms with Gasteiger partial charge in [0.1, 0.15) is 6.67 Å². The smallest absolute Gasteiger partial charge is 0.109 e. The summed E-state index contributed by atoms with van der Waals surface area (Å²) in [6.07, 6.45) is 1.86. The van der Waals surface area contributed by atoms with Crippen LogP contribution in [0.4, 0.5) is 4.39 Å². The van der Waals surface area contributed by atoms with Gasteiger partial charge in [-0.05, 0) is 19.4 Å². The van der Waals surface area contributed by atoms with Crippen molar-refractivity contribution < 1.29 is 4.39 Å². The lowest BCUT2D eigenvalue weighted by atomic mass is 10.3. The van der Waals surface area contributed by atoms with E-state index in [0.29, 0.717) is 6.54 Å². The van der Waals surface area contributed by atoms with Crippen LogP contribution in [0.5, 0.6) is 0 Å². The Morgan fingerprint density at radius 2 is 2.30 bits per heavy atom. The van der Waals surface area contributed by atoms with Gasteiger partial charge < -0.3 is 0 Å². The van der Waals surface area contributed by atoms with Crippen LogP contribution in [0.3, 0.4) is 0 Å². The van der Waals surface area contributed by atoms with E-state index in [4.69, 9.17) is 0 Å². The first-order valence-electron chi connectivity index (χ1n) is 3.30. The topological polar surface area (TPSA) is 17.8 Å². The number of alkyl halides is 1. The molecule has 0 bridgehead atoms. The zero-order chi connectivity index (χ0) is 7.56. The second-order valence-electron chi connectivity index (χ2n) is 2.35. The monoisotopic (exact) mass is 142 g/mol. The van der Waals surface area contributed by atoms with Gasteiger partial charge in [0.25, 0.3) is 0 Å². The van der Waals surface area contributed by atoms with E-state index in [2.05, 4.69) is 5.10 Å². The first-order valence-corrected chi connectivity index (χ1v) is 3.30. The van der Waals surface area contributed by atoms with Crippen LogP contribution < -0.4 is 0 Å². The van der Waals surface area contributed by atoms with E-state index in [-0.39, 0.29) is 6.67 Å². The molecule has 0 aliphatic carbocycles. The Bertz CT molecular complexity index is 198. The second kappa shape index (κ2) is 2.82. The summed E-state index contributed by atoms with van der Waals surface area (Å²) in [5, 5.41) is 4.08. The zero-order valence-electron chi connectivity index (χ0n) is 6.26. The maximum absolute atomic E-state index is 11.8. The minimum Gasteiger partial charge on any atom is -0.270 e. The van der Waals surface area contributed by atoms with E-state index in [1.165, 1.54) is 0 Å². The van der Waals surface area contributed by atoms with Crippen LogP contribution >= 0.6 is 0 Å². The molecule has 1 aromatic rings. The Hall–Kier alpha value is -0.860. The minimum atomic E-state index is -0.347. The molecule has 0 aromatic carbocycles. The van der Waals surface area contributed by atoms with Crippen molar-refractivity contribution in [2.24, 2.45) is 0 Å². The Morgan fingerprint density at radius 1 is 1.60 bits per heavy atom. The Balaban J connectivity index is 2.77. The Morgan fingerprint density at radius 3 is 2.70 bits per heavy atom. The lowest BCUT2D eigenvalue weighted by molar-refractivity contribution is 0.426. The van der Waals surface area contributed by atoms with Gasteiger partial charge in [-0.15, -0.1) is 0 Å². The molecule has 1 aromatic heterocycles. The molecule has 0 spiro atoms. The third kappa shape index (κ3) is 1.35. The van der Waals surface area contributed by atoms with Crippen molar-refractivity contribution in [1.82, 2.24) is 9.78 Å². The molecule has 3 heteroatoms. The highest BCUT2D eigenvalue weighted by atomic mass is 19.1. The molecule has 10 heavy (non-hydrogen) atoms. The average molecular weight is 142 g/mol. The molecule has 0 N–H and O–H groups in total. The molecule has 2 nitrogen and oxygen atoms in total. The number of nitrogens with zero attached hydrogens (tertiary/aromatic N) is 2. The minimum absolute atomic E-state index is 0.347. The van der Waals surface area contributed by atoms with Gasteiger partial charge in [0.2, 0.25) is 0 Å². The van der Waals surface area contributed by atoms with Gasteiger partial charge in [0.15, 0.2) is 0 Å². The summed E-state index contributed by atoms with van der Waals surface area (Å²) in [4.78, 5) is 0. The van der Waals surface area contributed by atoms with Gasteiger partial charge in [-0.2, -0.15) is 5.10 Å². The Labute approximate surface area is 59.7 Å². The van der Waals surface area contributed by atoms with Crippen molar-refractivity contribution in [2.45, 2.75) is 20.4 Å². The third-order valence-electron chi connectivity index (χ3n) is 1.51. The summed E-state index contributed by atoms with van der Waals surface area (Å²) >= 11 is 0. The fourth-order valence-electron chi connectivity index (χ4n) is 0.818. The standard InChI is InChI=1S/C7H11FN2/c1-6-5-10(4-3-8)9-7(6)2/h5H,3-4H2,1-2H3. The predicted molar refractivity (Wildman–Crippen MR) is 37.7 cm³/mol. The average Bonchev–Trinajstić information content (AvgIpc) is 2.14. The number of rotatable bonds is 2. The van der Waals surface area contributed by atoms with Crippen molar-refractivity contribution in [3.8, 4) is 0 Å². The largest absolute Gasteiger partial charge is 0.270 e. The Kier molecular flexibility index (Phi) is 2.04. The molecule has 0 atom stereocenters. The maximum atomic E-state index is 11.8. The molecule has 0 amide bonds. The highest BCUT2D eigenvalue weighted by Gasteiger charge is 1.97. The first-order chi connectivity index (χ1) is 4.74. The molecule has 0 radical (unpaired) electrons. The van der Waals surface area contributed by atoms with Crippen LogP contribution in [0.2, 0.25) is 0 Å². The molecule has 0 unspecified atom stereocenters. The third-order valence-corrected chi connectivity index (χ3v) is 1.51. The van der Waals surface area contributed by atoms with E-state index >= 15 is 0 Å². The fraction of sp³-hybridized carbons (Fsp3) is 0.571. The SMILES string of the molecule is Cc1cn(CCF)nc1C. The van der Waals surface area contributed by atoms with Gasteiger partial charge in [-0.3, -0.25) is 4.68 Å². The summed E-state index contributed by atoms with van der Waals surface area (Å²) in [6, 6.07) is 0. The number of hydrogen-bond acceptors (Lipinski definition) is 1. The van der Waals surface area contributed by atoms with E-state index in [1.54, 1.807) is 4.68 Å². The van der Waals surface area contributed by atoms with Gasteiger partial charge in [-0.1, -0.05) is 0 Å². The van der Waals surface area contributed by atoms with Crippen molar-refractivity contribution >= 4 is 0 Å². The summed E-state index contributed by atoms with van der Waals surface area (Å²) in [7, 11) is 0. The lowest BCUT2D eigenvalue weighted by Crippen LogP contribution is -1.99. The molecular weight excluding hydrogens is 131 g/mol.